The molecule has 2 fully saturated rings. The molecule has 3 aliphatic rings. The number of anilines is 1. The second-order valence-electron chi connectivity index (χ2n) is 7.09. The van der Waals surface area contributed by atoms with Gasteiger partial charge in [-0.2, -0.15) is 4.98 Å². The number of hydrogen-bond acceptors (Lipinski definition) is 7. The van der Waals surface area contributed by atoms with Crippen LogP contribution < -0.4 is 4.90 Å². The second kappa shape index (κ2) is 6.96. The fourth-order valence-electron chi connectivity index (χ4n) is 4.06. The minimum absolute atomic E-state index is 0.328. The zero-order valence-electron chi connectivity index (χ0n) is 14.6. The van der Waals surface area contributed by atoms with Gasteiger partial charge in [0.1, 0.15) is 0 Å². The number of fused-ring (bicyclic) bond motifs is 2. The number of halogens is 1. The number of morpholine rings is 1. The standard InChI is InChI=1S/C18H22ClN5OS/c19-18-20-15-10-14(12-22-4-5-23-3-1-2-13(23)11-22)26-16(15)17(21-18)24-6-8-25-9-7-24/h1,3,10,13H,2,4-9,11-12H2/t13-/m0/s1. The number of nitrogens with zero attached hydrogens (tertiary/aromatic N) is 5. The summed E-state index contributed by atoms with van der Waals surface area (Å²) in [7, 11) is 0. The lowest BCUT2D eigenvalue weighted by Gasteiger charge is -2.38. The van der Waals surface area contributed by atoms with Crippen LogP contribution in [-0.4, -0.2) is 71.7 Å². The summed E-state index contributed by atoms with van der Waals surface area (Å²) in [6.45, 7) is 7.52. The Morgan fingerprint density at radius 3 is 2.96 bits per heavy atom. The third-order valence-corrected chi connectivity index (χ3v) is 6.66. The van der Waals surface area contributed by atoms with Crippen molar-refractivity contribution < 1.29 is 4.74 Å². The molecule has 8 heteroatoms. The minimum Gasteiger partial charge on any atom is -0.378 e. The molecule has 0 saturated carbocycles. The fourth-order valence-corrected chi connectivity index (χ4v) is 5.39. The summed E-state index contributed by atoms with van der Waals surface area (Å²) in [6.07, 6.45) is 5.72. The van der Waals surface area contributed by atoms with Gasteiger partial charge in [-0.1, -0.05) is 6.08 Å². The highest BCUT2D eigenvalue weighted by Crippen LogP contribution is 2.34. The normalized spacial score (nSPS) is 23.8. The van der Waals surface area contributed by atoms with Gasteiger partial charge in [-0.05, 0) is 30.3 Å². The van der Waals surface area contributed by atoms with Crippen LogP contribution in [0.3, 0.4) is 0 Å². The third-order valence-electron chi connectivity index (χ3n) is 5.38. The molecule has 2 saturated heterocycles. The highest BCUT2D eigenvalue weighted by molar-refractivity contribution is 7.19. The van der Waals surface area contributed by atoms with Gasteiger partial charge in [0.25, 0.3) is 0 Å². The molecule has 3 aliphatic heterocycles. The summed E-state index contributed by atoms with van der Waals surface area (Å²) in [5.74, 6) is 0.962. The molecular formula is C18H22ClN5OS. The first-order chi connectivity index (χ1) is 12.8. The van der Waals surface area contributed by atoms with Crippen LogP contribution >= 0.6 is 22.9 Å². The van der Waals surface area contributed by atoms with Crippen molar-refractivity contribution in [3.8, 4) is 0 Å². The molecule has 0 radical (unpaired) electrons. The average Bonchev–Trinajstić information content (AvgIpc) is 3.27. The van der Waals surface area contributed by atoms with E-state index in [1.807, 2.05) is 11.3 Å². The van der Waals surface area contributed by atoms with Gasteiger partial charge in [0.2, 0.25) is 5.28 Å². The molecule has 0 amide bonds. The van der Waals surface area contributed by atoms with Crippen LogP contribution in [0.1, 0.15) is 11.3 Å². The zero-order chi connectivity index (χ0) is 17.5. The lowest BCUT2D eigenvalue weighted by atomic mass is 10.1. The van der Waals surface area contributed by atoms with E-state index in [-0.39, 0.29) is 0 Å². The third kappa shape index (κ3) is 3.17. The molecule has 2 aromatic heterocycles. The van der Waals surface area contributed by atoms with Crippen molar-refractivity contribution >= 4 is 39.0 Å². The van der Waals surface area contributed by atoms with Crippen molar-refractivity contribution in [2.75, 3.05) is 50.8 Å². The summed E-state index contributed by atoms with van der Waals surface area (Å²) in [6, 6.07) is 2.84. The minimum atomic E-state index is 0.328. The van der Waals surface area contributed by atoms with Gasteiger partial charge in [-0.3, -0.25) is 4.90 Å². The summed E-state index contributed by atoms with van der Waals surface area (Å²) >= 11 is 8.01. The lowest BCUT2D eigenvalue weighted by molar-refractivity contribution is 0.118. The number of thiophene rings is 1. The van der Waals surface area contributed by atoms with E-state index < -0.39 is 0 Å². The molecule has 0 unspecified atom stereocenters. The maximum Gasteiger partial charge on any atom is 0.224 e. The Morgan fingerprint density at radius 2 is 2.08 bits per heavy atom. The Kier molecular flexibility index (Phi) is 4.48. The molecule has 6 nitrogen and oxygen atoms in total. The van der Waals surface area contributed by atoms with E-state index in [0.29, 0.717) is 11.3 Å². The second-order valence-corrected chi connectivity index (χ2v) is 8.56. The van der Waals surface area contributed by atoms with Crippen LogP contribution in [0.2, 0.25) is 5.28 Å². The summed E-state index contributed by atoms with van der Waals surface area (Å²) in [5.41, 5.74) is 0.965. The van der Waals surface area contributed by atoms with Crippen molar-refractivity contribution in [3.63, 3.8) is 0 Å². The van der Waals surface area contributed by atoms with Crippen LogP contribution in [0.25, 0.3) is 10.2 Å². The maximum atomic E-state index is 6.21. The van der Waals surface area contributed by atoms with Gasteiger partial charge in [-0.15, -0.1) is 11.3 Å². The van der Waals surface area contributed by atoms with E-state index in [1.54, 1.807) is 0 Å². The Labute approximate surface area is 162 Å². The Balaban J connectivity index is 1.39. The predicted molar refractivity (Wildman–Crippen MR) is 105 cm³/mol. The molecule has 5 rings (SSSR count). The Morgan fingerprint density at radius 1 is 1.19 bits per heavy atom. The molecule has 5 heterocycles. The molecule has 0 aromatic carbocycles. The first kappa shape index (κ1) is 16.7. The Hall–Kier alpha value is -1.41. The van der Waals surface area contributed by atoms with E-state index in [1.165, 1.54) is 11.3 Å². The van der Waals surface area contributed by atoms with Crippen LogP contribution in [-0.2, 0) is 11.3 Å². The van der Waals surface area contributed by atoms with E-state index in [4.69, 9.17) is 16.3 Å². The van der Waals surface area contributed by atoms with Crippen molar-refractivity contribution in [2.24, 2.45) is 0 Å². The summed E-state index contributed by atoms with van der Waals surface area (Å²) in [5, 5.41) is 0.328. The number of rotatable bonds is 3. The van der Waals surface area contributed by atoms with Gasteiger partial charge in [-0.25, -0.2) is 4.98 Å². The van der Waals surface area contributed by atoms with Crippen molar-refractivity contribution in [2.45, 2.75) is 19.0 Å². The smallest absolute Gasteiger partial charge is 0.224 e. The quantitative estimate of drug-likeness (QED) is 0.749. The van der Waals surface area contributed by atoms with Crippen LogP contribution in [0.5, 0.6) is 0 Å². The molecule has 0 N–H and O–H groups in total. The Bertz CT molecular complexity index is 834. The van der Waals surface area contributed by atoms with Gasteiger partial charge in [0.15, 0.2) is 5.82 Å². The average molecular weight is 392 g/mol. The monoisotopic (exact) mass is 391 g/mol. The predicted octanol–water partition coefficient (Wildman–Crippen LogP) is 2.58. The maximum absolute atomic E-state index is 6.21. The van der Waals surface area contributed by atoms with Gasteiger partial charge < -0.3 is 14.5 Å². The highest BCUT2D eigenvalue weighted by Gasteiger charge is 2.27. The molecule has 0 spiro atoms. The molecule has 0 aliphatic carbocycles. The molecule has 26 heavy (non-hydrogen) atoms. The first-order valence-corrected chi connectivity index (χ1v) is 10.4. The van der Waals surface area contributed by atoms with Crippen LogP contribution in [0.15, 0.2) is 18.3 Å². The first-order valence-electron chi connectivity index (χ1n) is 9.20. The molecule has 0 bridgehead atoms. The van der Waals surface area contributed by atoms with Crippen molar-refractivity contribution in [3.05, 3.63) is 28.5 Å². The number of ether oxygens (including phenoxy) is 1. The lowest BCUT2D eigenvalue weighted by Crippen LogP contribution is -2.48. The van der Waals surface area contributed by atoms with E-state index >= 15 is 0 Å². The van der Waals surface area contributed by atoms with Crippen molar-refractivity contribution in [1.82, 2.24) is 19.8 Å². The van der Waals surface area contributed by atoms with E-state index in [9.17, 15) is 0 Å². The molecule has 138 valence electrons. The van der Waals surface area contributed by atoms with E-state index in [0.717, 1.165) is 68.5 Å². The van der Waals surface area contributed by atoms with Gasteiger partial charge in [0.05, 0.1) is 23.4 Å². The van der Waals surface area contributed by atoms with E-state index in [2.05, 4.69) is 43.0 Å². The largest absolute Gasteiger partial charge is 0.378 e. The molecule has 2 aromatic rings. The zero-order valence-corrected chi connectivity index (χ0v) is 16.2. The van der Waals surface area contributed by atoms with Crippen molar-refractivity contribution in [1.29, 1.82) is 0 Å². The number of piperazine rings is 1. The number of hydrogen-bond donors (Lipinski definition) is 0. The molecular weight excluding hydrogens is 370 g/mol. The summed E-state index contributed by atoms with van der Waals surface area (Å²) < 4.78 is 6.62. The highest BCUT2D eigenvalue weighted by atomic mass is 35.5. The summed E-state index contributed by atoms with van der Waals surface area (Å²) in [4.78, 5) is 17.6. The fraction of sp³-hybridized carbons (Fsp3) is 0.556. The van der Waals surface area contributed by atoms with Gasteiger partial charge >= 0.3 is 0 Å². The van der Waals surface area contributed by atoms with Crippen LogP contribution in [0.4, 0.5) is 5.82 Å². The topological polar surface area (TPSA) is 44.7 Å². The van der Waals surface area contributed by atoms with Crippen LogP contribution in [0, 0.1) is 0 Å². The SMILES string of the molecule is Clc1nc(N2CCOCC2)c2sc(CN3CCN4C=CC[C@H]4C3)cc2n1. The molecule has 1 atom stereocenters. The number of aromatic nitrogens is 2. The van der Waals surface area contributed by atoms with Gasteiger partial charge in [0, 0.05) is 50.2 Å².